The molecule has 0 bridgehead atoms. The van der Waals surface area contributed by atoms with Crippen LogP contribution in [0.2, 0.25) is 0 Å². The van der Waals surface area contributed by atoms with E-state index in [0.717, 1.165) is 28.7 Å². The molecule has 3 rings (SSSR count). The van der Waals surface area contributed by atoms with Crippen molar-refractivity contribution in [2.24, 2.45) is 0 Å². The summed E-state index contributed by atoms with van der Waals surface area (Å²) in [5.74, 6) is 1.97. The lowest BCUT2D eigenvalue weighted by atomic mass is 9.89. The first-order valence-corrected chi connectivity index (χ1v) is 9.19. The number of hydrogen-bond donors (Lipinski definition) is 1. The molecule has 0 radical (unpaired) electrons. The number of hydrogen-bond acceptors (Lipinski definition) is 4. The molecule has 0 saturated carbocycles. The van der Waals surface area contributed by atoms with Gasteiger partial charge >= 0.3 is 5.13 Å². The van der Waals surface area contributed by atoms with Crippen molar-refractivity contribution in [2.75, 3.05) is 19.5 Å². The molecule has 0 aliphatic heterocycles. The van der Waals surface area contributed by atoms with E-state index >= 15 is 0 Å². The van der Waals surface area contributed by atoms with E-state index in [-0.39, 0.29) is 5.92 Å². The van der Waals surface area contributed by atoms with E-state index in [0.29, 0.717) is 6.61 Å². The summed E-state index contributed by atoms with van der Waals surface area (Å²) in [6, 6.07) is 16.5. The van der Waals surface area contributed by atoms with E-state index in [2.05, 4.69) is 34.6 Å². The number of thiazole rings is 1. The maximum atomic E-state index is 5.92. The lowest BCUT2D eigenvalue weighted by molar-refractivity contribution is -0.368. The van der Waals surface area contributed by atoms with Gasteiger partial charge in [-0.3, -0.25) is 5.73 Å². The van der Waals surface area contributed by atoms with Crippen LogP contribution in [0.1, 0.15) is 29.7 Å². The molecule has 5 heteroatoms. The van der Waals surface area contributed by atoms with Crippen LogP contribution in [0.5, 0.6) is 11.5 Å². The van der Waals surface area contributed by atoms with Gasteiger partial charge in [0.15, 0.2) is 0 Å². The topological polar surface area (TPSA) is 58.6 Å². The highest BCUT2D eigenvalue weighted by molar-refractivity contribution is 7.13. The van der Waals surface area contributed by atoms with Crippen molar-refractivity contribution >= 4 is 16.5 Å². The number of aromatic amines is 1. The van der Waals surface area contributed by atoms with Gasteiger partial charge in [-0.25, -0.2) is 4.98 Å². The smallest absolute Gasteiger partial charge is 0.329 e. The van der Waals surface area contributed by atoms with Crippen molar-refractivity contribution in [1.29, 1.82) is 0 Å². The van der Waals surface area contributed by atoms with Crippen LogP contribution in [0, 0.1) is 0 Å². The van der Waals surface area contributed by atoms with Crippen molar-refractivity contribution in [3.8, 4) is 11.5 Å². The van der Waals surface area contributed by atoms with Crippen molar-refractivity contribution < 1.29 is 14.5 Å². The first kappa shape index (κ1) is 17.3. The van der Waals surface area contributed by atoms with Gasteiger partial charge in [0, 0.05) is 5.38 Å². The minimum absolute atomic E-state index is 0.206. The molecule has 0 fully saturated rings. The second-order valence-electron chi connectivity index (χ2n) is 5.79. The van der Waals surface area contributed by atoms with E-state index in [1.165, 1.54) is 22.5 Å². The second-order valence-corrected chi connectivity index (χ2v) is 6.70. The van der Waals surface area contributed by atoms with Crippen LogP contribution in [0.4, 0.5) is 5.13 Å². The van der Waals surface area contributed by atoms with Crippen molar-refractivity contribution in [2.45, 2.75) is 19.3 Å². The van der Waals surface area contributed by atoms with Gasteiger partial charge in [-0.05, 0) is 48.7 Å². The fourth-order valence-electron chi connectivity index (χ4n) is 2.87. The molecule has 1 unspecified atom stereocenters. The van der Waals surface area contributed by atoms with Crippen LogP contribution in [-0.4, -0.2) is 13.7 Å². The number of H-pyrrole nitrogens is 1. The number of nitrogen functional groups attached to an aromatic ring is 1. The SMILES string of the molecule is CCOc1ccc(C(Cc2ccc(OC)cc2)c2csc(N)[nH+]2)cc1. The van der Waals surface area contributed by atoms with Gasteiger partial charge in [0.1, 0.15) is 17.2 Å². The molecule has 2 aromatic carbocycles. The maximum Gasteiger partial charge on any atom is 0.329 e. The fraction of sp³-hybridized carbons (Fsp3) is 0.250. The average molecular weight is 355 g/mol. The molecule has 3 aromatic rings. The number of ether oxygens (including phenoxy) is 2. The summed E-state index contributed by atoms with van der Waals surface area (Å²) in [6.45, 7) is 2.66. The van der Waals surface area contributed by atoms with Gasteiger partial charge in [-0.2, -0.15) is 0 Å². The zero-order valence-electron chi connectivity index (χ0n) is 14.5. The number of nitrogens with two attached hydrogens (primary N) is 1. The van der Waals surface area contributed by atoms with Crippen LogP contribution in [0.25, 0.3) is 0 Å². The summed E-state index contributed by atoms with van der Waals surface area (Å²) in [7, 11) is 1.68. The summed E-state index contributed by atoms with van der Waals surface area (Å²) < 4.78 is 10.8. The van der Waals surface area contributed by atoms with Crippen LogP contribution >= 0.6 is 11.3 Å². The molecule has 3 N–H and O–H groups in total. The van der Waals surface area contributed by atoms with Crippen molar-refractivity contribution in [3.05, 3.63) is 70.7 Å². The first-order chi connectivity index (χ1) is 12.2. The Labute approximate surface area is 152 Å². The van der Waals surface area contributed by atoms with Gasteiger partial charge in [0.05, 0.1) is 19.6 Å². The Kier molecular flexibility index (Phi) is 5.56. The van der Waals surface area contributed by atoms with E-state index < -0.39 is 0 Å². The third-order valence-electron chi connectivity index (χ3n) is 4.15. The van der Waals surface area contributed by atoms with Crippen LogP contribution < -0.4 is 20.2 Å². The highest BCUT2D eigenvalue weighted by Gasteiger charge is 2.20. The minimum atomic E-state index is 0.206. The maximum absolute atomic E-state index is 5.92. The molecule has 1 aromatic heterocycles. The molecule has 25 heavy (non-hydrogen) atoms. The molecule has 1 atom stereocenters. The van der Waals surface area contributed by atoms with Crippen LogP contribution in [0.15, 0.2) is 53.9 Å². The number of aromatic nitrogens is 1. The molecule has 130 valence electrons. The summed E-state index contributed by atoms with van der Waals surface area (Å²) in [5.41, 5.74) is 9.52. The lowest BCUT2D eigenvalue weighted by Gasteiger charge is -2.15. The molecular formula is C20H23N2O2S+. The number of methoxy groups -OCH3 is 1. The molecule has 0 aliphatic carbocycles. The Morgan fingerprint density at radius 3 is 2.28 bits per heavy atom. The Morgan fingerprint density at radius 1 is 1.04 bits per heavy atom. The zero-order chi connectivity index (χ0) is 17.6. The summed E-state index contributed by atoms with van der Waals surface area (Å²) >= 11 is 1.53. The predicted molar refractivity (Wildman–Crippen MR) is 101 cm³/mol. The van der Waals surface area contributed by atoms with E-state index in [9.17, 15) is 0 Å². The number of anilines is 1. The minimum Gasteiger partial charge on any atom is -0.497 e. The molecule has 0 saturated heterocycles. The molecule has 0 aliphatic rings. The van der Waals surface area contributed by atoms with Crippen molar-refractivity contribution in [1.82, 2.24) is 0 Å². The van der Waals surface area contributed by atoms with Gasteiger partial charge in [0.25, 0.3) is 0 Å². The van der Waals surface area contributed by atoms with E-state index in [1.807, 2.05) is 31.2 Å². The summed E-state index contributed by atoms with van der Waals surface area (Å²) in [5, 5.41) is 2.82. The third kappa shape index (κ3) is 4.31. The van der Waals surface area contributed by atoms with Gasteiger partial charge in [0.2, 0.25) is 0 Å². The van der Waals surface area contributed by atoms with Gasteiger partial charge in [-0.15, -0.1) is 0 Å². The summed E-state index contributed by atoms with van der Waals surface area (Å²) in [6.07, 6.45) is 0.880. The summed E-state index contributed by atoms with van der Waals surface area (Å²) in [4.78, 5) is 3.30. The standard InChI is InChI=1S/C20H22N2O2S/c1-3-24-17-10-6-15(7-11-17)18(19-13-25-20(21)22-19)12-14-4-8-16(23-2)9-5-14/h4-11,13,18H,3,12H2,1-2H3,(H2,21,22)/p+1. The number of rotatable bonds is 7. The van der Waals surface area contributed by atoms with Crippen LogP contribution in [-0.2, 0) is 6.42 Å². The van der Waals surface area contributed by atoms with Crippen molar-refractivity contribution in [3.63, 3.8) is 0 Å². The number of benzene rings is 2. The Bertz CT molecular complexity index is 797. The Balaban J connectivity index is 1.89. The molecule has 4 nitrogen and oxygen atoms in total. The van der Waals surface area contributed by atoms with Crippen LogP contribution in [0.3, 0.4) is 0 Å². The highest BCUT2D eigenvalue weighted by Crippen LogP contribution is 2.30. The average Bonchev–Trinajstić information content (AvgIpc) is 3.07. The lowest BCUT2D eigenvalue weighted by Crippen LogP contribution is -2.17. The fourth-order valence-corrected chi connectivity index (χ4v) is 3.52. The van der Waals surface area contributed by atoms with E-state index in [1.54, 1.807) is 7.11 Å². The third-order valence-corrected chi connectivity index (χ3v) is 4.88. The molecule has 1 heterocycles. The zero-order valence-corrected chi connectivity index (χ0v) is 15.3. The largest absolute Gasteiger partial charge is 0.497 e. The molecule has 0 spiro atoms. The molecular weight excluding hydrogens is 332 g/mol. The highest BCUT2D eigenvalue weighted by atomic mass is 32.1. The monoisotopic (exact) mass is 355 g/mol. The van der Waals surface area contributed by atoms with E-state index in [4.69, 9.17) is 15.2 Å². The quantitative estimate of drug-likeness (QED) is 0.699. The van der Waals surface area contributed by atoms with Gasteiger partial charge in [-0.1, -0.05) is 35.6 Å². The Morgan fingerprint density at radius 2 is 1.72 bits per heavy atom. The predicted octanol–water partition coefficient (Wildman–Crippen LogP) is 3.93. The Hall–Kier alpha value is -2.53. The first-order valence-electron chi connectivity index (χ1n) is 8.31. The van der Waals surface area contributed by atoms with Gasteiger partial charge < -0.3 is 9.47 Å². The normalized spacial score (nSPS) is 11.9. The number of nitrogens with one attached hydrogen (secondary N) is 1. The molecule has 0 amide bonds. The second kappa shape index (κ2) is 8.03.